The van der Waals surface area contributed by atoms with Crippen LogP contribution in [0.1, 0.15) is 19.9 Å². The molecule has 114 valence electrons. The maximum Gasteiger partial charge on any atom is 0.209 e. The number of aromatic amines is 1. The number of halogens is 2. The highest BCUT2D eigenvalue weighted by molar-refractivity contribution is 7.71. The molecule has 1 N–H and O–H groups in total. The van der Waals surface area contributed by atoms with Gasteiger partial charge in [0.1, 0.15) is 4.64 Å². The number of aromatic nitrogens is 6. The molecule has 0 atom stereocenters. The van der Waals surface area contributed by atoms with Crippen LogP contribution in [0.2, 0.25) is 10.0 Å². The third-order valence-corrected chi connectivity index (χ3v) is 4.29. The lowest BCUT2D eigenvalue weighted by Gasteiger charge is -2.06. The quantitative estimate of drug-likeness (QED) is 0.719. The Morgan fingerprint density at radius 1 is 1.27 bits per heavy atom. The molecule has 0 aliphatic rings. The third-order valence-electron chi connectivity index (χ3n) is 3.07. The molecule has 0 aliphatic heterocycles. The first-order valence-electron chi connectivity index (χ1n) is 6.53. The molecular weight excluding hydrogens is 343 g/mol. The summed E-state index contributed by atoms with van der Waals surface area (Å²) < 4.78 is 2.17. The van der Waals surface area contributed by atoms with Crippen LogP contribution in [0, 0.1) is 4.64 Å². The van der Waals surface area contributed by atoms with Crippen molar-refractivity contribution in [2.45, 2.75) is 19.9 Å². The van der Waals surface area contributed by atoms with E-state index >= 15 is 0 Å². The highest BCUT2D eigenvalue weighted by Crippen LogP contribution is 2.29. The maximum atomic E-state index is 6.23. The Morgan fingerprint density at radius 3 is 2.73 bits per heavy atom. The molecule has 6 nitrogen and oxygen atoms in total. The molecule has 0 amide bonds. The minimum Gasteiger partial charge on any atom is -0.299 e. The number of nitrogens with one attached hydrogen (secondary N) is 1. The molecule has 3 rings (SSSR count). The first kappa shape index (κ1) is 15.2. The molecule has 0 unspecified atom stereocenters. The molecule has 0 saturated heterocycles. The predicted octanol–water partition coefficient (Wildman–Crippen LogP) is 4.08. The highest BCUT2D eigenvalue weighted by Gasteiger charge is 2.15. The van der Waals surface area contributed by atoms with Gasteiger partial charge in [-0.3, -0.25) is 5.10 Å². The molecule has 1 aromatic carbocycles. The van der Waals surface area contributed by atoms with Crippen LogP contribution in [0.4, 0.5) is 0 Å². The maximum absolute atomic E-state index is 6.23. The topological polar surface area (TPSA) is 64.3 Å². The molecule has 22 heavy (non-hydrogen) atoms. The van der Waals surface area contributed by atoms with E-state index in [2.05, 4.69) is 20.5 Å². The average molecular weight is 355 g/mol. The van der Waals surface area contributed by atoms with Gasteiger partial charge in [-0.1, -0.05) is 41.5 Å². The first-order chi connectivity index (χ1) is 10.5. The Labute approximate surface area is 141 Å². The first-order valence-corrected chi connectivity index (χ1v) is 7.70. The molecule has 0 aliphatic carbocycles. The van der Waals surface area contributed by atoms with E-state index in [4.69, 9.17) is 35.4 Å². The minimum atomic E-state index is 0.128. The lowest BCUT2D eigenvalue weighted by molar-refractivity contribution is 0.455. The fourth-order valence-electron chi connectivity index (χ4n) is 1.93. The van der Waals surface area contributed by atoms with Gasteiger partial charge in [-0.2, -0.15) is 4.80 Å². The monoisotopic (exact) mass is 354 g/mol. The fourth-order valence-corrected chi connectivity index (χ4v) is 2.61. The van der Waals surface area contributed by atoms with Gasteiger partial charge in [-0.25, -0.2) is 4.68 Å². The van der Waals surface area contributed by atoms with Crippen LogP contribution < -0.4 is 0 Å². The molecule has 9 heteroatoms. The van der Waals surface area contributed by atoms with Gasteiger partial charge in [-0.15, -0.1) is 10.2 Å². The van der Waals surface area contributed by atoms with Gasteiger partial charge in [0.2, 0.25) is 5.82 Å². The van der Waals surface area contributed by atoms with Gasteiger partial charge < -0.3 is 0 Å². The van der Waals surface area contributed by atoms with Crippen LogP contribution >= 0.6 is 35.4 Å². The van der Waals surface area contributed by atoms with Crippen LogP contribution in [0.25, 0.3) is 17.1 Å². The molecule has 0 bridgehead atoms. The van der Waals surface area contributed by atoms with E-state index in [1.807, 2.05) is 19.9 Å². The van der Waals surface area contributed by atoms with E-state index in [0.29, 0.717) is 31.8 Å². The average Bonchev–Trinajstić information content (AvgIpc) is 3.09. The van der Waals surface area contributed by atoms with Crippen LogP contribution in [0.15, 0.2) is 24.4 Å². The Kier molecular flexibility index (Phi) is 4.03. The van der Waals surface area contributed by atoms with Gasteiger partial charge in [0.15, 0.2) is 0 Å². The van der Waals surface area contributed by atoms with Gasteiger partial charge in [0.25, 0.3) is 0 Å². The third kappa shape index (κ3) is 2.55. The zero-order valence-corrected chi connectivity index (χ0v) is 14.1. The van der Waals surface area contributed by atoms with Crippen molar-refractivity contribution in [3.05, 3.63) is 39.1 Å². The summed E-state index contributed by atoms with van der Waals surface area (Å²) in [7, 11) is 0. The number of nitrogens with zero attached hydrogens (tertiary/aromatic N) is 5. The van der Waals surface area contributed by atoms with Crippen molar-refractivity contribution in [2.75, 3.05) is 0 Å². The molecule has 3 aromatic rings. The Hall–Kier alpha value is -1.70. The van der Waals surface area contributed by atoms with E-state index in [-0.39, 0.29) is 6.04 Å². The summed E-state index contributed by atoms with van der Waals surface area (Å²) in [6, 6.07) is 5.47. The standard InChI is InChI=1S/C13H12Cl2N6S/c1-7(2)21-18-12(17-19-21)8-6-16-20(13(8)22)10-5-3-4-9(14)11(10)15/h3-7,16H,1-2H3. The Morgan fingerprint density at radius 2 is 2.05 bits per heavy atom. The Bertz CT molecular complexity index is 879. The molecule has 0 fully saturated rings. The number of rotatable bonds is 3. The molecule has 2 heterocycles. The van der Waals surface area contributed by atoms with Gasteiger partial charge in [-0.05, 0) is 31.2 Å². The van der Waals surface area contributed by atoms with E-state index < -0.39 is 0 Å². The van der Waals surface area contributed by atoms with Crippen molar-refractivity contribution in [3.63, 3.8) is 0 Å². The van der Waals surface area contributed by atoms with Crippen LogP contribution in [0.5, 0.6) is 0 Å². The highest BCUT2D eigenvalue weighted by atomic mass is 35.5. The molecule has 2 aromatic heterocycles. The molecule has 0 saturated carbocycles. The normalized spacial score (nSPS) is 11.3. The lowest BCUT2D eigenvalue weighted by Crippen LogP contribution is -2.04. The number of hydrogen-bond acceptors (Lipinski definition) is 4. The SMILES string of the molecule is CC(C)n1nnc(-c2c[nH]n(-c3cccc(Cl)c3Cl)c2=S)n1. The minimum absolute atomic E-state index is 0.128. The second-order valence-corrected chi connectivity index (χ2v) is 6.10. The van der Waals surface area contributed by atoms with Gasteiger partial charge >= 0.3 is 0 Å². The number of tetrazole rings is 1. The van der Waals surface area contributed by atoms with Gasteiger partial charge in [0.05, 0.1) is 27.3 Å². The van der Waals surface area contributed by atoms with Crippen molar-refractivity contribution >= 4 is 35.4 Å². The van der Waals surface area contributed by atoms with Crippen LogP contribution in [-0.4, -0.2) is 30.0 Å². The largest absolute Gasteiger partial charge is 0.299 e. The number of benzene rings is 1. The summed E-state index contributed by atoms with van der Waals surface area (Å²) in [4.78, 5) is 1.54. The van der Waals surface area contributed by atoms with Crippen molar-refractivity contribution in [2.24, 2.45) is 0 Å². The molecule has 0 radical (unpaired) electrons. The smallest absolute Gasteiger partial charge is 0.209 e. The summed E-state index contributed by atoms with van der Waals surface area (Å²) in [5.41, 5.74) is 1.35. The van der Waals surface area contributed by atoms with Crippen molar-refractivity contribution in [1.82, 2.24) is 30.0 Å². The molecule has 0 spiro atoms. The summed E-state index contributed by atoms with van der Waals surface area (Å²) in [5, 5.41) is 16.3. The zero-order chi connectivity index (χ0) is 15.9. The summed E-state index contributed by atoms with van der Waals surface area (Å²) in [6.45, 7) is 3.95. The zero-order valence-electron chi connectivity index (χ0n) is 11.8. The fraction of sp³-hybridized carbons (Fsp3) is 0.231. The second-order valence-electron chi connectivity index (χ2n) is 4.93. The van der Waals surface area contributed by atoms with Crippen LogP contribution in [0.3, 0.4) is 0 Å². The van der Waals surface area contributed by atoms with E-state index in [1.54, 1.807) is 23.0 Å². The summed E-state index contributed by atoms with van der Waals surface area (Å²) in [5.74, 6) is 0.465. The summed E-state index contributed by atoms with van der Waals surface area (Å²) in [6.07, 6.45) is 1.72. The van der Waals surface area contributed by atoms with Crippen molar-refractivity contribution in [3.8, 4) is 17.1 Å². The van der Waals surface area contributed by atoms with E-state index in [1.165, 1.54) is 4.80 Å². The Balaban J connectivity index is 2.09. The number of H-pyrrole nitrogens is 1. The van der Waals surface area contributed by atoms with E-state index in [9.17, 15) is 0 Å². The number of hydrogen-bond donors (Lipinski definition) is 1. The lowest BCUT2D eigenvalue weighted by atomic mass is 10.3. The van der Waals surface area contributed by atoms with Crippen molar-refractivity contribution in [1.29, 1.82) is 0 Å². The second kappa shape index (κ2) is 5.83. The van der Waals surface area contributed by atoms with Crippen LogP contribution in [-0.2, 0) is 0 Å². The van der Waals surface area contributed by atoms with E-state index in [0.717, 1.165) is 0 Å². The summed E-state index contributed by atoms with van der Waals surface area (Å²) >= 11 is 17.8. The molecular formula is C13H12Cl2N6S. The van der Waals surface area contributed by atoms with Gasteiger partial charge in [0, 0.05) is 6.20 Å². The van der Waals surface area contributed by atoms with Crippen molar-refractivity contribution < 1.29 is 0 Å². The predicted molar refractivity (Wildman–Crippen MR) is 88.2 cm³/mol.